The summed E-state index contributed by atoms with van der Waals surface area (Å²) in [4.78, 5) is 24.6. The van der Waals surface area contributed by atoms with Crippen molar-refractivity contribution in [1.29, 1.82) is 0 Å². The number of amides is 1. The highest BCUT2D eigenvalue weighted by Gasteiger charge is 2.19. The number of nitrogens with one attached hydrogen (secondary N) is 2. The molecule has 0 saturated carbocycles. The summed E-state index contributed by atoms with van der Waals surface area (Å²) < 4.78 is 0. The topological polar surface area (TPSA) is 137 Å². The fourth-order valence-corrected chi connectivity index (χ4v) is 3.97. The number of fused-ring (bicyclic) bond motifs is 1. The first-order chi connectivity index (χ1) is 15.8. The van der Waals surface area contributed by atoms with E-state index in [0.717, 1.165) is 27.8 Å². The lowest BCUT2D eigenvalue weighted by molar-refractivity contribution is 0.100. The normalized spacial score (nSPS) is 11.2. The van der Waals surface area contributed by atoms with Crippen molar-refractivity contribution < 1.29 is 14.8 Å². The van der Waals surface area contributed by atoms with Crippen molar-refractivity contribution >= 4 is 35.2 Å². The van der Waals surface area contributed by atoms with Crippen LogP contribution in [-0.2, 0) is 6.54 Å². The van der Waals surface area contributed by atoms with Gasteiger partial charge in [0.05, 0.1) is 11.1 Å². The Morgan fingerprint density at radius 3 is 2.67 bits per heavy atom. The lowest BCUT2D eigenvalue weighted by Crippen LogP contribution is -2.30. The van der Waals surface area contributed by atoms with E-state index >= 15 is 0 Å². The second-order valence-corrected chi connectivity index (χ2v) is 8.34. The predicted molar refractivity (Wildman–Crippen MR) is 130 cm³/mol. The van der Waals surface area contributed by atoms with E-state index in [9.17, 15) is 14.8 Å². The summed E-state index contributed by atoms with van der Waals surface area (Å²) in [6.07, 6.45) is 1.82. The van der Waals surface area contributed by atoms with Gasteiger partial charge in [0.1, 0.15) is 5.82 Å². The van der Waals surface area contributed by atoms with E-state index in [1.54, 1.807) is 30.3 Å². The highest BCUT2D eigenvalue weighted by Crippen LogP contribution is 2.33. The summed E-state index contributed by atoms with van der Waals surface area (Å²) in [7, 11) is -1.52. The number of benzene rings is 2. The number of carbonyl (C=O) groups excluding carboxylic acids is 1. The molecule has 0 aliphatic heterocycles. The van der Waals surface area contributed by atoms with Crippen molar-refractivity contribution in [2.24, 2.45) is 5.73 Å². The number of nitrogens with zero attached hydrogens (tertiary/aromatic N) is 2. The minimum absolute atomic E-state index is 0.192. The Bertz CT molecular complexity index is 1330. The quantitative estimate of drug-likeness (QED) is 0.278. The Hall–Kier alpha value is -3.69. The van der Waals surface area contributed by atoms with E-state index < -0.39 is 13.0 Å². The van der Waals surface area contributed by atoms with Crippen LogP contribution in [0, 0.1) is 6.92 Å². The van der Waals surface area contributed by atoms with Crippen LogP contribution in [0.3, 0.4) is 0 Å². The van der Waals surface area contributed by atoms with Crippen LogP contribution in [0.1, 0.15) is 46.9 Å². The Morgan fingerprint density at radius 2 is 1.97 bits per heavy atom. The summed E-state index contributed by atoms with van der Waals surface area (Å²) in [6.45, 7) is 6.51. The molecule has 9 heteroatoms. The largest absolute Gasteiger partial charge is 0.488 e. The molecule has 8 nitrogen and oxygen atoms in total. The third-order valence-corrected chi connectivity index (χ3v) is 5.66. The van der Waals surface area contributed by atoms with Crippen LogP contribution in [0.15, 0.2) is 48.7 Å². The number of nitrogens with two attached hydrogens (primary N) is 1. The lowest BCUT2D eigenvalue weighted by Gasteiger charge is -2.15. The molecule has 2 heterocycles. The molecule has 0 aliphatic carbocycles. The number of anilines is 1. The molecule has 2 aromatic heterocycles. The lowest BCUT2D eigenvalue weighted by atomic mass is 9.79. The van der Waals surface area contributed by atoms with E-state index in [4.69, 9.17) is 10.7 Å². The maximum absolute atomic E-state index is 11.9. The Balaban J connectivity index is 1.74. The van der Waals surface area contributed by atoms with Crippen LogP contribution in [0.5, 0.6) is 0 Å². The fraction of sp³-hybridized carbons (Fsp3) is 0.208. The molecule has 0 saturated heterocycles. The van der Waals surface area contributed by atoms with Crippen LogP contribution in [-0.4, -0.2) is 38.0 Å². The van der Waals surface area contributed by atoms with Gasteiger partial charge >= 0.3 is 7.12 Å². The van der Waals surface area contributed by atoms with E-state index in [-0.39, 0.29) is 5.92 Å². The van der Waals surface area contributed by atoms with Gasteiger partial charge in [-0.1, -0.05) is 50.2 Å². The summed E-state index contributed by atoms with van der Waals surface area (Å²) >= 11 is 0. The van der Waals surface area contributed by atoms with Crippen LogP contribution < -0.4 is 16.5 Å². The van der Waals surface area contributed by atoms with Crippen molar-refractivity contribution in [2.75, 3.05) is 5.32 Å². The summed E-state index contributed by atoms with van der Waals surface area (Å²) in [5.74, 6) is 0.927. The molecule has 6 N–H and O–H groups in total. The zero-order chi connectivity index (χ0) is 23.7. The molecular weight excluding hydrogens is 417 g/mol. The van der Waals surface area contributed by atoms with Crippen molar-refractivity contribution in [3.05, 3.63) is 71.0 Å². The molecule has 0 unspecified atom stereocenters. The maximum atomic E-state index is 11.9. The number of primary amides is 1. The average Bonchev–Trinajstić information content (AvgIpc) is 3.13. The Labute approximate surface area is 192 Å². The first kappa shape index (κ1) is 22.5. The van der Waals surface area contributed by atoms with Gasteiger partial charge in [0, 0.05) is 34.9 Å². The van der Waals surface area contributed by atoms with Gasteiger partial charge < -0.3 is 26.1 Å². The molecule has 2 aromatic carbocycles. The molecule has 0 atom stereocenters. The molecular formula is C24H26BN5O3. The smallest absolute Gasteiger partial charge is 0.423 e. The molecule has 0 radical (unpaired) electrons. The van der Waals surface area contributed by atoms with Crippen molar-refractivity contribution in [3.8, 4) is 11.4 Å². The molecule has 4 aromatic rings. The van der Waals surface area contributed by atoms with Gasteiger partial charge in [-0.15, -0.1) is 0 Å². The first-order valence-electron chi connectivity index (χ1n) is 10.7. The number of aryl methyl sites for hydroxylation is 1. The molecule has 0 spiro atoms. The monoisotopic (exact) mass is 443 g/mol. The number of hydrogen-bond donors (Lipinski definition) is 5. The van der Waals surface area contributed by atoms with Crippen molar-refractivity contribution in [1.82, 2.24) is 15.0 Å². The molecule has 0 fully saturated rings. The Morgan fingerprint density at radius 1 is 1.21 bits per heavy atom. The zero-order valence-electron chi connectivity index (χ0n) is 18.8. The summed E-state index contributed by atoms with van der Waals surface area (Å²) in [6, 6.07) is 12.5. The zero-order valence-corrected chi connectivity index (χ0v) is 18.8. The minimum Gasteiger partial charge on any atom is -0.423 e. The van der Waals surface area contributed by atoms with E-state index in [1.807, 2.05) is 25.3 Å². The van der Waals surface area contributed by atoms with Gasteiger partial charge in [0.2, 0.25) is 0 Å². The number of para-hydroxylation sites is 1. The van der Waals surface area contributed by atoms with Crippen molar-refractivity contribution in [3.63, 3.8) is 0 Å². The molecule has 1 amide bonds. The number of H-pyrrole nitrogens is 1. The first-order valence-corrected chi connectivity index (χ1v) is 10.7. The molecule has 4 rings (SSSR count). The summed E-state index contributed by atoms with van der Waals surface area (Å²) in [5, 5.41) is 23.1. The van der Waals surface area contributed by atoms with Gasteiger partial charge in [0.15, 0.2) is 5.82 Å². The average molecular weight is 443 g/mol. The van der Waals surface area contributed by atoms with E-state index in [0.29, 0.717) is 34.7 Å². The van der Waals surface area contributed by atoms with E-state index in [2.05, 4.69) is 29.1 Å². The van der Waals surface area contributed by atoms with Crippen LogP contribution in [0.4, 0.5) is 5.82 Å². The fourth-order valence-electron chi connectivity index (χ4n) is 3.97. The number of carbonyl (C=O) groups is 1. The molecule has 168 valence electrons. The second kappa shape index (κ2) is 9.05. The highest BCUT2D eigenvalue weighted by molar-refractivity contribution is 6.58. The predicted octanol–water partition coefficient (Wildman–Crippen LogP) is 2.45. The Kier molecular flexibility index (Phi) is 6.17. The van der Waals surface area contributed by atoms with Crippen LogP contribution in [0.25, 0.3) is 22.3 Å². The second-order valence-electron chi connectivity index (χ2n) is 8.34. The third kappa shape index (κ3) is 4.46. The van der Waals surface area contributed by atoms with Gasteiger partial charge in [-0.05, 0) is 29.9 Å². The van der Waals surface area contributed by atoms with Crippen LogP contribution >= 0.6 is 0 Å². The van der Waals surface area contributed by atoms with Gasteiger partial charge in [-0.2, -0.15) is 0 Å². The van der Waals surface area contributed by atoms with Crippen molar-refractivity contribution in [2.45, 2.75) is 33.2 Å². The molecule has 33 heavy (non-hydrogen) atoms. The maximum Gasteiger partial charge on any atom is 0.488 e. The third-order valence-electron chi connectivity index (χ3n) is 5.66. The standard InChI is InChI=1S/C24H26BN5O3/c1-13(2)19-12-28-24(20-14(3)29-21-17(20)8-5-9-18(21)22(26)31)30-23(19)27-11-15-6-4-7-16(10-15)25(32)33/h4-10,12-13,29,32-33H,11H2,1-3H3,(H2,26,31)(H,27,28,30). The van der Waals surface area contributed by atoms with Gasteiger partial charge in [-0.25, -0.2) is 9.97 Å². The SMILES string of the molecule is Cc1[nH]c2c(C(N)=O)cccc2c1-c1ncc(C(C)C)c(NCc2cccc(B(O)O)c2)n1. The summed E-state index contributed by atoms with van der Waals surface area (Å²) in [5.41, 5.74) is 10.6. The molecule has 0 bridgehead atoms. The van der Waals surface area contributed by atoms with E-state index in [1.165, 1.54) is 0 Å². The number of rotatable bonds is 7. The number of aromatic nitrogens is 3. The highest BCUT2D eigenvalue weighted by atomic mass is 16.4. The van der Waals surface area contributed by atoms with Gasteiger partial charge in [-0.3, -0.25) is 4.79 Å². The minimum atomic E-state index is -1.52. The number of aromatic amines is 1. The van der Waals surface area contributed by atoms with Crippen LogP contribution in [0.2, 0.25) is 0 Å². The molecule has 0 aliphatic rings. The number of hydrogen-bond acceptors (Lipinski definition) is 6. The van der Waals surface area contributed by atoms with Gasteiger partial charge in [0.25, 0.3) is 5.91 Å².